The summed E-state index contributed by atoms with van der Waals surface area (Å²) in [6, 6.07) is 15.1. The molecule has 0 atom stereocenters. The molecule has 0 saturated heterocycles. The topological polar surface area (TPSA) is 44.8 Å². The summed E-state index contributed by atoms with van der Waals surface area (Å²) in [6.07, 6.45) is 0.808. The molecule has 0 aliphatic heterocycles. The van der Waals surface area contributed by atoms with Crippen LogP contribution in [0, 0.1) is 0 Å². The quantitative estimate of drug-likeness (QED) is 0.765. The minimum absolute atomic E-state index is 0.399. The van der Waals surface area contributed by atoms with Gasteiger partial charge in [-0.3, -0.25) is 0 Å². The second-order valence-electron chi connectivity index (χ2n) is 4.44. The maximum Gasteiger partial charge on any atom is 0.337 e. The van der Waals surface area contributed by atoms with Crippen LogP contribution in [0.1, 0.15) is 15.9 Å². The zero-order chi connectivity index (χ0) is 15.1. The van der Waals surface area contributed by atoms with Crippen LogP contribution in [0.4, 0.5) is 0 Å². The third kappa shape index (κ3) is 3.99. The van der Waals surface area contributed by atoms with Gasteiger partial charge in [0.2, 0.25) is 0 Å². The van der Waals surface area contributed by atoms with Gasteiger partial charge in [-0.25, -0.2) is 4.79 Å². The number of hydrogen-bond donors (Lipinski definition) is 0. The molecule has 4 heteroatoms. The number of carbonyl (C=O) groups is 1. The van der Waals surface area contributed by atoms with Gasteiger partial charge < -0.3 is 14.2 Å². The summed E-state index contributed by atoms with van der Waals surface area (Å²) in [4.78, 5) is 11.5. The summed E-state index contributed by atoms with van der Waals surface area (Å²) < 4.78 is 15.7. The maximum absolute atomic E-state index is 11.5. The van der Waals surface area contributed by atoms with E-state index in [2.05, 4.69) is 16.9 Å². The van der Waals surface area contributed by atoms with Crippen LogP contribution in [0.5, 0.6) is 11.5 Å². The maximum atomic E-state index is 11.5. The van der Waals surface area contributed by atoms with Crippen LogP contribution >= 0.6 is 0 Å². The number of benzene rings is 2. The third-order valence-electron chi connectivity index (χ3n) is 3.08. The van der Waals surface area contributed by atoms with Crippen LogP contribution in [0.25, 0.3) is 0 Å². The van der Waals surface area contributed by atoms with E-state index in [1.165, 1.54) is 12.7 Å². The Labute approximate surface area is 124 Å². The molecule has 2 aromatic carbocycles. The highest BCUT2D eigenvalue weighted by molar-refractivity contribution is 5.90. The molecule has 0 unspecified atom stereocenters. The third-order valence-corrected chi connectivity index (χ3v) is 3.08. The number of rotatable bonds is 6. The standard InChI is InChI=1S/C17H18O4/c1-19-16-12-14(17(18)20-2)8-9-15(16)21-11-10-13-6-4-3-5-7-13/h3-9,12H,10-11H2,1-2H3. The molecule has 0 amide bonds. The summed E-state index contributed by atoms with van der Waals surface area (Å²) in [5.41, 5.74) is 1.65. The van der Waals surface area contributed by atoms with Crippen LogP contribution in [-0.2, 0) is 11.2 Å². The van der Waals surface area contributed by atoms with Gasteiger partial charge in [-0.2, -0.15) is 0 Å². The second-order valence-corrected chi connectivity index (χ2v) is 4.44. The molecule has 0 saturated carbocycles. The van der Waals surface area contributed by atoms with E-state index >= 15 is 0 Å². The van der Waals surface area contributed by atoms with E-state index in [1.807, 2.05) is 18.2 Å². The normalized spacial score (nSPS) is 10.0. The molecule has 0 heterocycles. The van der Waals surface area contributed by atoms with E-state index in [4.69, 9.17) is 9.47 Å². The molecule has 0 aliphatic rings. The van der Waals surface area contributed by atoms with Crippen molar-refractivity contribution in [3.05, 3.63) is 59.7 Å². The molecule has 0 bridgehead atoms. The van der Waals surface area contributed by atoms with E-state index < -0.39 is 5.97 Å². The lowest BCUT2D eigenvalue weighted by atomic mass is 10.2. The Kier molecular flexibility index (Phi) is 5.21. The zero-order valence-corrected chi connectivity index (χ0v) is 12.2. The predicted octanol–water partition coefficient (Wildman–Crippen LogP) is 3.10. The van der Waals surface area contributed by atoms with Crippen molar-refractivity contribution in [2.75, 3.05) is 20.8 Å². The summed E-state index contributed by atoms with van der Waals surface area (Å²) in [5, 5.41) is 0. The molecule has 0 spiro atoms. The monoisotopic (exact) mass is 286 g/mol. The fraction of sp³-hybridized carbons (Fsp3) is 0.235. The van der Waals surface area contributed by atoms with Crippen molar-refractivity contribution in [1.29, 1.82) is 0 Å². The SMILES string of the molecule is COC(=O)c1ccc(OCCc2ccccc2)c(OC)c1. The molecule has 110 valence electrons. The van der Waals surface area contributed by atoms with Crippen molar-refractivity contribution in [2.45, 2.75) is 6.42 Å². The molecule has 4 nitrogen and oxygen atoms in total. The fourth-order valence-corrected chi connectivity index (χ4v) is 1.96. The minimum atomic E-state index is -0.399. The van der Waals surface area contributed by atoms with Crippen molar-refractivity contribution >= 4 is 5.97 Å². The van der Waals surface area contributed by atoms with Gasteiger partial charge in [0.25, 0.3) is 0 Å². The first-order valence-electron chi connectivity index (χ1n) is 6.67. The second kappa shape index (κ2) is 7.33. The van der Waals surface area contributed by atoms with Crippen LogP contribution < -0.4 is 9.47 Å². The lowest BCUT2D eigenvalue weighted by Gasteiger charge is -2.11. The number of carbonyl (C=O) groups excluding carboxylic acids is 1. The smallest absolute Gasteiger partial charge is 0.337 e. The molecule has 2 rings (SSSR count). The van der Waals surface area contributed by atoms with Crippen LogP contribution in [0.2, 0.25) is 0 Å². The highest BCUT2D eigenvalue weighted by atomic mass is 16.5. The molecule has 0 N–H and O–H groups in total. The zero-order valence-electron chi connectivity index (χ0n) is 12.2. The summed E-state index contributed by atoms with van der Waals surface area (Å²) in [5.74, 6) is 0.733. The van der Waals surface area contributed by atoms with Crippen molar-refractivity contribution in [1.82, 2.24) is 0 Å². The molecule has 0 aromatic heterocycles. The Bertz CT molecular complexity index is 593. The highest BCUT2D eigenvalue weighted by Crippen LogP contribution is 2.28. The first-order valence-corrected chi connectivity index (χ1v) is 6.67. The van der Waals surface area contributed by atoms with Gasteiger partial charge in [-0.1, -0.05) is 30.3 Å². The molecule has 0 fully saturated rings. The van der Waals surface area contributed by atoms with Crippen LogP contribution in [-0.4, -0.2) is 26.8 Å². The van der Waals surface area contributed by atoms with Crippen LogP contribution in [0.3, 0.4) is 0 Å². The molecule has 21 heavy (non-hydrogen) atoms. The number of methoxy groups -OCH3 is 2. The Morgan fingerprint density at radius 3 is 2.43 bits per heavy atom. The lowest BCUT2D eigenvalue weighted by molar-refractivity contribution is 0.0600. The van der Waals surface area contributed by atoms with Crippen molar-refractivity contribution in [2.24, 2.45) is 0 Å². The van der Waals surface area contributed by atoms with E-state index in [9.17, 15) is 4.79 Å². The average molecular weight is 286 g/mol. The van der Waals surface area contributed by atoms with Gasteiger partial charge >= 0.3 is 5.97 Å². The average Bonchev–Trinajstić information content (AvgIpc) is 2.55. The fourth-order valence-electron chi connectivity index (χ4n) is 1.96. The Balaban J connectivity index is 2.01. The van der Waals surface area contributed by atoms with Crippen molar-refractivity contribution in [3.8, 4) is 11.5 Å². The summed E-state index contributed by atoms with van der Waals surface area (Å²) >= 11 is 0. The summed E-state index contributed by atoms with van der Waals surface area (Å²) in [7, 11) is 2.89. The van der Waals surface area contributed by atoms with E-state index in [1.54, 1.807) is 25.3 Å². The van der Waals surface area contributed by atoms with Gasteiger partial charge in [0.1, 0.15) is 0 Å². The molecule has 2 aromatic rings. The number of esters is 1. The molecule has 0 aliphatic carbocycles. The Hall–Kier alpha value is -2.49. The minimum Gasteiger partial charge on any atom is -0.493 e. The van der Waals surface area contributed by atoms with Gasteiger partial charge in [0.15, 0.2) is 11.5 Å². The van der Waals surface area contributed by atoms with E-state index in [-0.39, 0.29) is 0 Å². The van der Waals surface area contributed by atoms with Gasteiger partial charge in [0.05, 0.1) is 26.4 Å². The Morgan fingerprint density at radius 2 is 1.76 bits per heavy atom. The number of hydrogen-bond acceptors (Lipinski definition) is 4. The van der Waals surface area contributed by atoms with Crippen LogP contribution in [0.15, 0.2) is 48.5 Å². The van der Waals surface area contributed by atoms with Gasteiger partial charge in [-0.15, -0.1) is 0 Å². The van der Waals surface area contributed by atoms with Crippen molar-refractivity contribution < 1.29 is 19.0 Å². The van der Waals surface area contributed by atoms with E-state index in [0.29, 0.717) is 23.7 Å². The predicted molar refractivity (Wildman–Crippen MR) is 80.0 cm³/mol. The molecular weight excluding hydrogens is 268 g/mol. The van der Waals surface area contributed by atoms with Crippen molar-refractivity contribution in [3.63, 3.8) is 0 Å². The largest absolute Gasteiger partial charge is 0.493 e. The first-order chi connectivity index (χ1) is 10.2. The first kappa shape index (κ1) is 14.9. The lowest BCUT2D eigenvalue weighted by Crippen LogP contribution is -2.05. The van der Waals surface area contributed by atoms with Gasteiger partial charge in [-0.05, 0) is 23.8 Å². The van der Waals surface area contributed by atoms with Gasteiger partial charge in [0, 0.05) is 6.42 Å². The molecular formula is C17H18O4. The molecule has 0 radical (unpaired) electrons. The Morgan fingerprint density at radius 1 is 1.00 bits per heavy atom. The summed E-state index contributed by atoms with van der Waals surface area (Å²) in [6.45, 7) is 0.540. The highest BCUT2D eigenvalue weighted by Gasteiger charge is 2.11. The van der Waals surface area contributed by atoms with E-state index in [0.717, 1.165) is 6.42 Å². The number of ether oxygens (including phenoxy) is 3.